The van der Waals surface area contributed by atoms with Gasteiger partial charge in [0, 0.05) is 10.5 Å². The maximum atomic E-state index is 10.4. The average Bonchev–Trinajstić information content (AvgIpc) is 2.14. The smallest absolute Gasteiger partial charge is 0.293 e. The Morgan fingerprint density at radius 3 is 2.36 bits per heavy atom. The Morgan fingerprint density at radius 2 is 1.93 bits per heavy atom. The van der Waals surface area contributed by atoms with Crippen molar-refractivity contribution in [2.24, 2.45) is 0 Å². The van der Waals surface area contributed by atoms with Crippen LogP contribution in [0.1, 0.15) is 19.4 Å². The number of nitrogens with zero attached hydrogens (tertiary/aromatic N) is 1. The lowest BCUT2D eigenvalue weighted by Crippen LogP contribution is -1.97. The number of nitro groups is 1. The van der Waals surface area contributed by atoms with Crippen molar-refractivity contribution in [3.63, 3.8) is 0 Å². The van der Waals surface area contributed by atoms with E-state index in [0.29, 0.717) is 10.0 Å². The molecule has 1 rings (SSSR count). The number of aryl methyl sites for hydroxylation is 1. The molecule has 1 aromatic rings. The minimum absolute atomic E-state index is 0.0538. The van der Waals surface area contributed by atoms with Crippen molar-refractivity contribution >= 4 is 27.3 Å². The lowest BCUT2D eigenvalue weighted by Gasteiger charge is -2.01. The summed E-state index contributed by atoms with van der Waals surface area (Å²) in [6.45, 7) is 5.73. The molecule has 0 saturated heterocycles. The Balaban J connectivity index is 0.000000791. The number of halogens is 1. The largest absolute Gasteiger partial charge is 0.393 e. The topological polar surface area (TPSA) is 69.2 Å². The van der Waals surface area contributed by atoms with Crippen LogP contribution in [-0.2, 0) is 0 Å². The molecule has 0 radical (unpaired) electrons. The van der Waals surface area contributed by atoms with Gasteiger partial charge in [-0.25, -0.2) is 0 Å². The van der Waals surface area contributed by atoms with Gasteiger partial charge < -0.3 is 5.73 Å². The second kappa shape index (κ2) is 5.59. The number of nitro benzene ring substituents is 1. The van der Waals surface area contributed by atoms with Crippen molar-refractivity contribution in [2.45, 2.75) is 20.8 Å². The van der Waals surface area contributed by atoms with E-state index in [1.54, 1.807) is 13.0 Å². The number of nitrogens with two attached hydrogens (primary N) is 1. The molecule has 0 saturated carbocycles. The summed E-state index contributed by atoms with van der Waals surface area (Å²) in [7, 11) is 0. The van der Waals surface area contributed by atoms with Crippen molar-refractivity contribution in [1.29, 1.82) is 0 Å². The van der Waals surface area contributed by atoms with Crippen LogP contribution in [-0.4, -0.2) is 4.92 Å². The van der Waals surface area contributed by atoms with Crippen molar-refractivity contribution in [3.8, 4) is 0 Å². The number of anilines is 1. The Morgan fingerprint density at radius 1 is 1.43 bits per heavy atom. The van der Waals surface area contributed by atoms with Gasteiger partial charge in [0.25, 0.3) is 5.69 Å². The summed E-state index contributed by atoms with van der Waals surface area (Å²) in [5.41, 5.74) is 6.37. The van der Waals surface area contributed by atoms with Crippen molar-refractivity contribution in [1.82, 2.24) is 0 Å². The van der Waals surface area contributed by atoms with E-state index in [2.05, 4.69) is 15.9 Å². The van der Waals surface area contributed by atoms with Gasteiger partial charge in [-0.1, -0.05) is 29.8 Å². The Kier molecular flexibility index (Phi) is 5.15. The van der Waals surface area contributed by atoms with E-state index >= 15 is 0 Å². The quantitative estimate of drug-likeness (QED) is 0.479. The van der Waals surface area contributed by atoms with E-state index in [-0.39, 0.29) is 11.4 Å². The molecule has 2 N–H and O–H groups in total. The summed E-state index contributed by atoms with van der Waals surface area (Å²) in [4.78, 5) is 9.94. The number of hydrogen-bond acceptors (Lipinski definition) is 3. The van der Waals surface area contributed by atoms with Crippen LogP contribution in [0.3, 0.4) is 0 Å². The molecule has 0 aliphatic rings. The third kappa shape index (κ3) is 2.99. The molecule has 4 nitrogen and oxygen atoms in total. The standard InChI is InChI=1S/C7H7BrN2O2.C2H6/c1-4-2-5(8)3-6(7(4)9)10(11)12;1-2/h2-3H,9H2,1H3;1-2H3. The van der Waals surface area contributed by atoms with Crippen LogP contribution in [0.5, 0.6) is 0 Å². The maximum Gasteiger partial charge on any atom is 0.293 e. The first-order valence-corrected chi connectivity index (χ1v) is 5.01. The van der Waals surface area contributed by atoms with Crippen LogP contribution >= 0.6 is 15.9 Å². The molecular formula is C9H13BrN2O2. The molecule has 1 aromatic carbocycles. The second-order valence-electron chi connectivity index (χ2n) is 2.41. The van der Waals surface area contributed by atoms with Gasteiger partial charge in [-0.3, -0.25) is 10.1 Å². The van der Waals surface area contributed by atoms with Gasteiger partial charge >= 0.3 is 0 Å². The highest BCUT2D eigenvalue weighted by atomic mass is 79.9. The van der Waals surface area contributed by atoms with Gasteiger partial charge in [0.05, 0.1) is 4.92 Å². The first-order chi connectivity index (χ1) is 6.52. The van der Waals surface area contributed by atoms with E-state index < -0.39 is 4.92 Å². The summed E-state index contributed by atoms with van der Waals surface area (Å²) in [5.74, 6) is 0. The zero-order valence-corrected chi connectivity index (χ0v) is 9.96. The lowest BCUT2D eigenvalue weighted by atomic mass is 10.2. The summed E-state index contributed by atoms with van der Waals surface area (Å²) < 4.78 is 0.668. The van der Waals surface area contributed by atoms with Crippen LogP contribution in [0.15, 0.2) is 16.6 Å². The molecule has 78 valence electrons. The SMILES string of the molecule is CC.Cc1cc(Br)cc([N+](=O)[O-])c1N. The van der Waals surface area contributed by atoms with E-state index in [1.807, 2.05) is 13.8 Å². The number of rotatable bonds is 1. The molecule has 0 atom stereocenters. The molecule has 0 bridgehead atoms. The third-order valence-electron chi connectivity index (χ3n) is 1.53. The van der Waals surface area contributed by atoms with Crippen molar-refractivity contribution in [3.05, 3.63) is 32.3 Å². The predicted octanol–water partition coefficient (Wildman–Crippen LogP) is 3.27. The molecule has 0 unspecified atom stereocenters. The van der Waals surface area contributed by atoms with Crippen molar-refractivity contribution < 1.29 is 4.92 Å². The normalized spacial score (nSPS) is 8.86. The van der Waals surface area contributed by atoms with Gasteiger partial charge in [-0.2, -0.15) is 0 Å². The summed E-state index contributed by atoms with van der Waals surface area (Å²) in [6, 6.07) is 3.13. The summed E-state index contributed by atoms with van der Waals surface area (Å²) in [6.07, 6.45) is 0. The average molecular weight is 261 g/mol. The van der Waals surface area contributed by atoms with Gasteiger partial charge in [-0.15, -0.1) is 0 Å². The highest BCUT2D eigenvalue weighted by Crippen LogP contribution is 2.28. The molecule has 0 spiro atoms. The number of benzene rings is 1. The maximum absolute atomic E-state index is 10.4. The van der Waals surface area contributed by atoms with Gasteiger partial charge in [0.15, 0.2) is 0 Å². The van der Waals surface area contributed by atoms with Gasteiger partial charge in [0.2, 0.25) is 0 Å². The van der Waals surface area contributed by atoms with E-state index in [0.717, 1.165) is 0 Å². The van der Waals surface area contributed by atoms with Crippen LogP contribution < -0.4 is 5.73 Å². The fourth-order valence-corrected chi connectivity index (χ4v) is 1.45. The third-order valence-corrected chi connectivity index (χ3v) is 1.98. The van der Waals surface area contributed by atoms with Gasteiger partial charge in [0.1, 0.15) is 5.69 Å². The van der Waals surface area contributed by atoms with E-state index in [1.165, 1.54) is 6.07 Å². The van der Waals surface area contributed by atoms with E-state index in [4.69, 9.17) is 5.73 Å². The molecule has 0 amide bonds. The predicted molar refractivity (Wildman–Crippen MR) is 61.3 cm³/mol. The minimum Gasteiger partial charge on any atom is -0.393 e. The molecule has 14 heavy (non-hydrogen) atoms. The molecule has 0 heterocycles. The molecule has 0 aliphatic carbocycles. The minimum atomic E-state index is -0.493. The van der Waals surface area contributed by atoms with E-state index in [9.17, 15) is 10.1 Å². The fraction of sp³-hybridized carbons (Fsp3) is 0.333. The fourth-order valence-electron chi connectivity index (χ4n) is 0.888. The first kappa shape index (κ1) is 12.9. The highest BCUT2D eigenvalue weighted by Gasteiger charge is 2.13. The zero-order chi connectivity index (χ0) is 11.3. The highest BCUT2D eigenvalue weighted by molar-refractivity contribution is 9.10. The molecule has 0 aliphatic heterocycles. The number of hydrogen-bond donors (Lipinski definition) is 1. The van der Waals surface area contributed by atoms with Crippen LogP contribution in [0.25, 0.3) is 0 Å². The number of nitrogen functional groups attached to an aromatic ring is 1. The van der Waals surface area contributed by atoms with Crippen LogP contribution in [0.4, 0.5) is 11.4 Å². The monoisotopic (exact) mass is 260 g/mol. The zero-order valence-electron chi connectivity index (χ0n) is 8.37. The second-order valence-corrected chi connectivity index (χ2v) is 3.33. The van der Waals surface area contributed by atoms with Crippen molar-refractivity contribution in [2.75, 3.05) is 5.73 Å². The first-order valence-electron chi connectivity index (χ1n) is 4.22. The van der Waals surface area contributed by atoms with Crippen LogP contribution in [0, 0.1) is 17.0 Å². The summed E-state index contributed by atoms with van der Waals surface area (Å²) in [5, 5.41) is 10.4. The Bertz CT molecular complexity index is 340. The molecule has 0 fully saturated rings. The summed E-state index contributed by atoms with van der Waals surface area (Å²) >= 11 is 3.16. The molecule has 5 heteroatoms. The Hall–Kier alpha value is -1.10. The molecular weight excluding hydrogens is 248 g/mol. The Labute approximate surface area is 91.4 Å². The molecule has 0 aromatic heterocycles. The lowest BCUT2D eigenvalue weighted by molar-refractivity contribution is -0.384. The van der Waals surface area contributed by atoms with Crippen LogP contribution in [0.2, 0.25) is 0 Å². The van der Waals surface area contributed by atoms with Gasteiger partial charge in [-0.05, 0) is 18.6 Å².